The average molecular weight is 289 g/mol. The minimum atomic E-state index is -0.0221. The summed E-state index contributed by atoms with van der Waals surface area (Å²) in [5.74, 6) is 1.35. The van der Waals surface area contributed by atoms with E-state index in [2.05, 4.69) is 0 Å². The lowest BCUT2D eigenvalue weighted by molar-refractivity contribution is 0.171. The number of nitrogens with zero attached hydrogens (tertiary/aromatic N) is 2. The zero-order chi connectivity index (χ0) is 14.8. The van der Waals surface area contributed by atoms with Gasteiger partial charge in [-0.05, 0) is 18.1 Å². The number of aromatic nitrogens is 2. The van der Waals surface area contributed by atoms with E-state index in [4.69, 9.17) is 15.2 Å². The minimum Gasteiger partial charge on any atom is -0.486 e. The number of rotatable bonds is 4. The number of hydrogen-bond donors (Lipinski definition) is 1. The average Bonchev–Trinajstić information content (AvgIpc) is 2.82. The molecule has 0 amide bonds. The van der Waals surface area contributed by atoms with Crippen LogP contribution in [0.15, 0.2) is 29.3 Å². The number of nitrogens with two attached hydrogens (primary N) is 1. The van der Waals surface area contributed by atoms with Crippen LogP contribution in [-0.2, 0) is 13.1 Å². The zero-order valence-electron chi connectivity index (χ0n) is 12.0. The van der Waals surface area contributed by atoms with Crippen molar-refractivity contribution < 1.29 is 9.47 Å². The highest BCUT2D eigenvalue weighted by Crippen LogP contribution is 2.34. The van der Waals surface area contributed by atoms with Crippen LogP contribution in [0.3, 0.4) is 0 Å². The maximum atomic E-state index is 12.2. The monoisotopic (exact) mass is 289 g/mol. The molecule has 0 spiro atoms. The van der Waals surface area contributed by atoms with Crippen LogP contribution in [0.4, 0.5) is 5.69 Å². The molecule has 1 aromatic heterocycles. The van der Waals surface area contributed by atoms with Crippen LogP contribution >= 0.6 is 0 Å². The van der Waals surface area contributed by atoms with E-state index >= 15 is 0 Å². The molecule has 0 bridgehead atoms. The van der Waals surface area contributed by atoms with E-state index in [0.717, 1.165) is 18.5 Å². The summed E-state index contributed by atoms with van der Waals surface area (Å²) in [5.41, 5.74) is 7.49. The molecule has 2 aromatic rings. The van der Waals surface area contributed by atoms with Gasteiger partial charge in [0, 0.05) is 30.7 Å². The van der Waals surface area contributed by atoms with Gasteiger partial charge in [-0.15, -0.1) is 0 Å². The lowest BCUT2D eigenvalue weighted by Gasteiger charge is -2.20. The largest absolute Gasteiger partial charge is 0.486 e. The summed E-state index contributed by atoms with van der Waals surface area (Å²) in [6.07, 6.45) is 4.52. The fraction of sp³-hybridized carbons (Fsp3) is 0.400. The molecule has 6 heteroatoms. The van der Waals surface area contributed by atoms with Gasteiger partial charge in [0.15, 0.2) is 11.5 Å². The third kappa shape index (κ3) is 2.61. The predicted octanol–water partition coefficient (Wildman–Crippen LogP) is 1.46. The topological polar surface area (TPSA) is 71.4 Å². The van der Waals surface area contributed by atoms with Gasteiger partial charge in [0.25, 0.3) is 0 Å². The summed E-state index contributed by atoms with van der Waals surface area (Å²) in [5, 5.41) is 0. The summed E-state index contributed by atoms with van der Waals surface area (Å²) < 4.78 is 14.4. The van der Waals surface area contributed by atoms with Crippen molar-refractivity contribution in [1.82, 2.24) is 9.13 Å². The first-order valence-electron chi connectivity index (χ1n) is 7.12. The van der Waals surface area contributed by atoms with E-state index in [-0.39, 0.29) is 5.69 Å². The fourth-order valence-corrected chi connectivity index (χ4v) is 2.45. The van der Waals surface area contributed by atoms with Crippen molar-refractivity contribution in [3.8, 4) is 11.5 Å². The number of aryl methyl sites for hydroxylation is 1. The summed E-state index contributed by atoms with van der Waals surface area (Å²) in [7, 11) is 0. The number of hydrogen-bond acceptors (Lipinski definition) is 4. The molecule has 0 atom stereocenters. The Labute approximate surface area is 122 Å². The van der Waals surface area contributed by atoms with Crippen LogP contribution in [0.2, 0.25) is 0 Å². The van der Waals surface area contributed by atoms with E-state index in [1.54, 1.807) is 27.6 Å². The molecule has 3 rings (SSSR count). The van der Waals surface area contributed by atoms with Crippen molar-refractivity contribution in [3.63, 3.8) is 0 Å². The zero-order valence-corrected chi connectivity index (χ0v) is 12.0. The van der Waals surface area contributed by atoms with Crippen LogP contribution in [0.1, 0.15) is 18.9 Å². The highest BCUT2D eigenvalue weighted by molar-refractivity contribution is 5.58. The van der Waals surface area contributed by atoms with Crippen molar-refractivity contribution in [1.29, 1.82) is 0 Å². The predicted molar refractivity (Wildman–Crippen MR) is 79.9 cm³/mol. The Morgan fingerprint density at radius 1 is 1.14 bits per heavy atom. The lowest BCUT2D eigenvalue weighted by Crippen LogP contribution is -2.24. The van der Waals surface area contributed by atoms with Crippen LogP contribution in [0.25, 0.3) is 0 Å². The Kier molecular flexibility index (Phi) is 3.60. The number of fused-ring (bicyclic) bond motifs is 1. The van der Waals surface area contributed by atoms with E-state index in [1.165, 1.54) is 0 Å². The molecule has 1 aliphatic heterocycles. The molecule has 0 aliphatic carbocycles. The highest BCUT2D eigenvalue weighted by Gasteiger charge is 2.15. The van der Waals surface area contributed by atoms with Crippen LogP contribution < -0.4 is 20.9 Å². The third-order valence-corrected chi connectivity index (χ3v) is 3.53. The molecular formula is C15H19N3O3. The van der Waals surface area contributed by atoms with Gasteiger partial charge in [0.05, 0.1) is 6.54 Å². The Morgan fingerprint density at radius 3 is 2.52 bits per heavy atom. The Bertz CT molecular complexity index is 703. The SMILES string of the molecule is CCCn1ccn(Cc2cc3c(cc2N)OCCO3)c1=O. The van der Waals surface area contributed by atoms with Crippen LogP contribution in [-0.4, -0.2) is 22.3 Å². The Hall–Kier alpha value is -2.37. The number of imidazole rings is 1. The maximum Gasteiger partial charge on any atom is 0.328 e. The Balaban J connectivity index is 1.89. The van der Waals surface area contributed by atoms with E-state index in [1.807, 2.05) is 13.0 Å². The number of nitrogen functional groups attached to an aromatic ring is 1. The van der Waals surface area contributed by atoms with Gasteiger partial charge in [0.2, 0.25) is 0 Å². The van der Waals surface area contributed by atoms with E-state index in [9.17, 15) is 4.79 Å². The molecule has 2 N–H and O–H groups in total. The van der Waals surface area contributed by atoms with Gasteiger partial charge >= 0.3 is 5.69 Å². The first-order chi connectivity index (χ1) is 10.2. The molecule has 0 radical (unpaired) electrons. The second-order valence-electron chi connectivity index (χ2n) is 5.10. The molecule has 0 unspecified atom stereocenters. The molecule has 1 aliphatic rings. The van der Waals surface area contributed by atoms with E-state index in [0.29, 0.717) is 36.9 Å². The maximum absolute atomic E-state index is 12.2. The van der Waals surface area contributed by atoms with Gasteiger partial charge in [-0.2, -0.15) is 0 Å². The standard InChI is InChI=1S/C15H19N3O3/c1-2-3-17-4-5-18(15(17)19)10-11-8-13-14(9-12(11)16)21-7-6-20-13/h4-5,8-9H,2-3,6-7,10,16H2,1H3. The summed E-state index contributed by atoms with van der Waals surface area (Å²) in [6.45, 7) is 4.26. The van der Waals surface area contributed by atoms with Crippen LogP contribution in [0.5, 0.6) is 11.5 Å². The normalized spacial score (nSPS) is 13.4. The smallest absolute Gasteiger partial charge is 0.328 e. The van der Waals surface area contributed by atoms with Crippen molar-refractivity contribution in [2.45, 2.75) is 26.4 Å². The second-order valence-corrected chi connectivity index (χ2v) is 5.10. The number of anilines is 1. The van der Waals surface area contributed by atoms with Gasteiger partial charge in [-0.1, -0.05) is 6.92 Å². The van der Waals surface area contributed by atoms with Gasteiger partial charge in [-0.25, -0.2) is 4.79 Å². The second kappa shape index (κ2) is 5.55. The first-order valence-corrected chi connectivity index (χ1v) is 7.12. The van der Waals surface area contributed by atoms with Crippen molar-refractivity contribution >= 4 is 5.69 Å². The van der Waals surface area contributed by atoms with Gasteiger partial charge in [0.1, 0.15) is 13.2 Å². The van der Waals surface area contributed by atoms with Crippen LogP contribution in [0, 0.1) is 0 Å². The molecule has 1 aromatic carbocycles. The molecular weight excluding hydrogens is 270 g/mol. The van der Waals surface area contributed by atoms with Crippen molar-refractivity contribution in [3.05, 3.63) is 40.6 Å². The van der Waals surface area contributed by atoms with Crippen molar-refractivity contribution in [2.24, 2.45) is 0 Å². The number of benzene rings is 1. The van der Waals surface area contributed by atoms with E-state index < -0.39 is 0 Å². The highest BCUT2D eigenvalue weighted by atomic mass is 16.6. The molecule has 0 saturated heterocycles. The molecule has 6 nitrogen and oxygen atoms in total. The third-order valence-electron chi connectivity index (χ3n) is 3.53. The summed E-state index contributed by atoms with van der Waals surface area (Å²) >= 11 is 0. The molecule has 0 fully saturated rings. The molecule has 2 heterocycles. The molecule has 112 valence electrons. The first kappa shape index (κ1) is 13.6. The quantitative estimate of drug-likeness (QED) is 0.865. The van der Waals surface area contributed by atoms with Gasteiger partial charge in [-0.3, -0.25) is 9.13 Å². The summed E-state index contributed by atoms with van der Waals surface area (Å²) in [4.78, 5) is 12.2. The minimum absolute atomic E-state index is 0.0221. The molecule has 0 saturated carbocycles. The van der Waals surface area contributed by atoms with Gasteiger partial charge < -0.3 is 15.2 Å². The Morgan fingerprint density at radius 2 is 1.81 bits per heavy atom. The molecule has 21 heavy (non-hydrogen) atoms. The summed E-state index contributed by atoms with van der Waals surface area (Å²) in [6, 6.07) is 3.62. The number of ether oxygens (including phenoxy) is 2. The van der Waals surface area contributed by atoms with Crippen molar-refractivity contribution in [2.75, 3.05) is 18.9 Å². The fourth-order valence-electron chi connectivity index (χ4n) is 2.45. The lowest BCUT2D eigenvalue weighted by atomic mass is 10.1.